The number of ether oxygens (including phenoxy) is 1. The molecular weight excluding hydrogens is 241 g/mol. The number of alkyl carbamates (subject to hydrolysis) is 1. The molecule has 1 amide bonds. The van der Waals surface area contributed by atoms with E-state index < -0.39 is 21.0 Å². The van der Waals surface area contributed by atoms with Crippen LogP contribution in [0.3, 0.4) is 0 Å². The van der Waals surface area contributed by atoms with Crippen LogP contribution in [0.1, 0.15) is 18.9 Å². The third-order valence-corrected chi connectivity index (χ3v) is 2.37. The smallest absolute Gasteiger partial charge is 0.409 e. The van der Waals surface area contributed by atoms with Crippen molar-refractivity contribution in [2.24, 2.45) is 0 Å². The first-order valence-corrected chi connectivity index (χ1v) is 5.95. The van der Waals surface area contributed by atoms with E-state index in [4.69, 9.17) is 9.26 Å². The molecule has 0 aliphatic rings. The lowest BCUT2D eigenvalue weighted by atomic mass is 10.2. The van der Waals surface area contributed by atoms with Gasteiger partial charge in [0.05, 0.1) is 0 Å². The topological polar surface area (TPSA) is 64.6 Å². The van der Waals surface area contributed by atoms with Crippen LogP contribution in [0.15, 0.2) is 30.3 Å². The van der Waals surface area contributed by atoms with Crippen LogP contribution in [-0.4, -0.2) is 12.3 Å². The maximum Gasteiger partial charge on any atom is 0.409 e. The standard InChI is InChI=1S/C11H14NO4P/c1-2-10(16-17-14)12-11(13)15-8-9-6-4-3-5-7-9/h3-7,10H,2,8H2,1H3,(H,12,13). The van der Waals surface area contributed by atoms with Gasteiger partial charge in [-0.1, -0.05) is 37.3 Å². The second kappa shape index (κ2) is 7.76. The van der Waals surface area contributed by atoms with Crippen molar-refractivity contribution in [3.05, 3.63) is 35.9 Å². The summed E-state index contributed by atoms with van der Waals surface area (Å²) < 4.78 is 19.9. The third-order valence-electron chi connectivity index (χ3n) is 2.03. The Balaban J connectivity index is 2.32. The van der Waals surface area contributed by atoms with Gasteiger partial charge >= 0.3 is 14.8 Å². The van der Waals surface area contributed by atoms with E-state index in [2.05, 4.69) is 5.32 Å². The first-order valence-electron chi connectivity index (χ1n) is 5.22. The molecule has 1 aromatic carbocycles. The van der Waals surface area contributed by atoms with Crippen molar-refractivity contribution in [2.45, 2.75) is 26.2 Å². The monoisotopic (exact) mass is 255 g/mol. The largest absolute Gasteiger partial charge is 0.445 e. The van der Waals surface area contributed by atoms with Crippen LogP contribution in [0.25, 0.3) is 0 Å². The van der Waals surface area contributed by atoms with Gasteiger partial charge in [0, 0.05) is 0 Å². The van der Waals surface area contributed by atoms with E-state index in [9.17, 15) is 9.36 Å². The molecule has 1 N–H and O–H groups in total. The van der Waals surface area contributed by atoms with E-state index in [0.29, 0.717) is 6.42 Å². The van der Waals surface area contributed by atoms with Gasteiger partial charge in [-0.05, 0) is 12.0 Å². The molecule has 1 aromatic rings. The van der Waals surface area contributed by atoms with Gasteiger partial charge in [0.2, 0.25) is 0 Å². The second-order valence-electron chi connectivity index (χ2n) is 3.28. The fraction of sp³-hybridized carbons (Fsp3) is 0.364. The molecule has 1 rings (SSSR count). The molecule has 1 atom stereocenters. The minimum absolute atomic E-state index is 0.193. The lowest BCUT2D eigenvalue weighted by molar-refractivity contribution is 0.109. The van der Waals surface area contributed by atoms with Gasteiger partial charge in [-0.25, -0.2) is 9.36 Å². The molecule has 0 bridgehead atoms. The Hall–Kier alpha value is -1.45. The average Bonchev–Trinajstić information content (AvgIpc) is 2.37. The first kappa shape index (κ1) is 13.6. The summed E-state index contributed by atoms with van der Waals surface area (Å²) in [6.45, 7) is 1.99. The Morgan fingerprint density at radius 1 is 1.41 bits per heavy atom. The lowest BCUT2D eigenvalue weighted by Crippen LogP contribution is -2.35. The number of nitrogens with one attached hydrogen (secondary N) is 1. The summed E-state index contributed by atoms with van der Waals surface area (Å²) in [6.07, 6.45) is -0.683. The van der Waals surface area contributed by atoms with Gasteiger partial charge in [-0.15, -0.1) is 0 Å². The van der Waals surface area contributed by atoms with Crippen molar-refractivity contribution in [2.75, 3.05) is 0 Å². The molecule has 92 valence electrons. The third kappa shape index (κ3) is 5.43. The summed E-state index contributed by atoms with van der Waals surface area (Å²) in [5.74, 6) is 0. The van der Waals surface area contributed by atoms with Gasteiger partial charge in [-0.3, -0.25) is 9.84 Å². The summed E-state index contributed by atoms with van der Waals surface area (Å²) in [6, 6.07) is 9.34. The van der Waals surface area contributed by atoms with E-state index in [1.54, 1.807) is 6.92 Å². The summed E-state index contributed by atoms with van der Waals surface area (Å²) in [5, 5.41) is 2.45. The Morgan fingerprint density at radius 2 is 2.12 bits per heavy atom. The SMILES string of the molecule is CCC(NC(=O)OCc1ccccc1)OP=O. The quantitative estimate of drug-likeness (QED) is 0.627. The maximum absolute atomic E-state index is 11.3. The molecule has 6 heteroatoms. The highest BCUT2D eigenvalue weighted by atomic mass is 31.1. The predicted molar refractivity (Wildman–Crippen MR) is 62.5 cm³/mol. The Morgan fingerprint density at radius 3 is 2.71 bits per heavy atom. The number of hydrogen-bond acceptors (Lipinski definition) is 4. The highest BCUT2D eigenvalue weighted by molar-refractivity contribution is 7.17. The van der Waals surface area contributed by atoms with Crippen LogP contribution in [0.5, 0.6) is 0 Å². The van der Waals surface area contributed by atoms with Crippen molar-refractivity contribution < 1.29 is 18.6 Å². The molecule has 0 saturated heterocycles. The zero-order chi connectivity index (χ0) is 12.5. The molecule has 0 saturated carbocycles. The fourth-order valence-electron chi connectivity index (χ4n) is 1.15. The minimum atomic E-state index is -0.600. The Bertz CT molecular complexity index is 358. The number of amides is 1. The van der Waals surface area contributed by atoms with Gasteiger partial charge in [0.25, 0.3) is 0 Å². The normalized spacial score (nSPS) is 12.1. The molecule has 17 heavy (non-hydrogen) atoms. The number of rotatable bonds is 6. The molecule has 0 aliphatic carbocycles. The van der Waals surface area contributed by atoms with Crippen LogP contribution in [0.2, 0.25) is 0 Å². The number of hydrogen-bond donors (Lipinski definition) is 1. The first-order chi connectivity index (χ1) is 8.26. The molecular formula is C11H14NO4P. The zero-order valence-corrected chi connectivity index (χ0v) is 10.4. The zero-order valence-electron chi connectivity index (χ0n) is 9.46. The molecule has 0 fully saturated rings. The maximum atomic E-state index is 11.3. The molecule has 0 spiro atoms. The van der Waals surface area contributed by atoms with Gasteiger partial charge in [-0.2, -0.15) is 0 Å². The molecule has 5 nitrogen and oxygen atoms in total. The summed E-state index contributed by atoms with van der Waals surface area (Å²) in [7, 11) is -0.465. The van der Waals surface area contributed by atoms with Crippen molar-refractivity contribution in [3.8, 4) is 0 Å². The molecule has 1 unspecified atom stereocenters. The van der Waals surface area contributed by atoms with Crippen LogP contribution < -0.4 is 5.32 Å². The van der Waals surface area contributed by atoms with Crippen molar-refractivity contribution in [3.63, 3.8) is 0 Å². The number of carbonyl (C=O) groups excluding carboxylic acids is 1. The molecule has 0 aliphatic heterocycles. The lowest BCUT2D eigenvalue weighted by Gasteiger charge is -2.13. The summed E-state index contributed by atoms with van der Waals surface area (Å²) in [5.41, 5.74) is 0.901. The summed E-state index contributed by atoms with van der Waals surface area (Å²) in [4.78, 5) is 11.3. The van der Waals surface area contributed by atoms with Crippen molar-refractivity contribution >= 4 is 14.8 Å². The summed E-state index contributed by atoms with van der Waals surface area (Å²) >= 11 is 0. The number of carbonyl (C=O) groups is 1. The van der Waals surface area contributed by atoms with Crippen LogP contribution in [-0.2, 0) is 20.4 Å². The molecule has 0 heterocycles. The second-order valence-corrected chi connectivity index (χ2v) is 3.64. The Labute approximate surface area is 101 Å². The predicted octanol–water partition coefficient (Wildman–Crippen LogP) is 2.87. The fourth-order valence-corrected chi connectivity index (χ4v) is 1.46. The average molecular weight is 255 g/mol. The van der Waals surface area contributed by atoms with Crippen LogP contribution in [0, 0.1) is 0 Å². The van der Waals surface area contributed by atoms with E-state index in [1.807, 2.05) is 30.3 Å². The highest BCUT2D eigenvalue weighted by Crippen LogP contribution is 2.05. The van der Waals surface area contributed by atoms with E-state index in [-0.39, 0.29) is 6.61 Å². The minimum Gasteiger partial charge on any atom is -0.445 e. The highest BCUT2D eigenvalue weighted by Gasteiger charge is 2.11. The molecule has 0 aromatic heterocycles. The van der Waals surface area contributed by atoms with E-state index in [0.717, 1.165) is 5.56 Å². The van der Waals surface area contributed by atoms with Gasteiger partial charge in [0.1, 0.15) is 12.8 Å². The van der Waals surface area contributed by atoms with Crippen molar-refractivity contribution in [1.29, 1.82) is 0 Å². The van der Waals surface area contributed by atoms with Crippen LogP contribution in [0.4, 0.5) is 4.79 Å². The van der Waals surface area contributed by atoms with Gasteiger partial charge < -0.3 is 4.74 Å². The van der Waals surface area contributed by atoms with Crippen molar-refractivity contribution in [1.82, 2.24) is 5.32 Å². The Kier molecular flexibility index (Phi) is 6.22. The molecule has 0 radical (unpaired) electrons. The van der Waals surface area contributed by atoms with Gasteiger partial charge in [0.15, 0.2) is 0 Å². The van der Waals surface area contributed by atoms with E-state index in [1.165, 1.54) is 0 Å². The van der Waals surface area contributed by atoms with Crippen LogP contribution >= 0.6 is 8.69 Å². The number of benzene rings is 1. The van der Waals surface area contributed by atoms with E-state index >= 15 is 0 Å².